The molecule has 1 amide bonds. The Bertz CT molecular complexity index is 444. The lowest BCUT2D eigenvalue weighted by Crippen LogP contribution is -2.20. The van der Waals surface area contributed by atoms with Gasteiger partial charge in [0.1, 0.15) is 0 Å². The fourth-order valence-corrected chi connectivity index (χ4v) is 3.30. The van der Waals surface area contributed by atoms with Crippen LogP contribution >= 0.6 is 15.9 Å². The minimum Gasteiger partial charge on any atom is -0.324 e. The zero-order valence-electron chi connectivity index (χ0n) is 11.0. The molecule has 0 saturated heterocycles. The molecule has 2 atom stereocenters. The van der Waals surface area contributed by atoms with Gasteiger partial charge in [-0.2, -0.15) is 0 Å². The maximum absolute atomic E-state index is 12.2. The van der Waals surface area contributed by atoms with E-state index in [1.807, 2.05) is 12.1 Å². The minimum atomic E-state index is 0.0362. The molecule has 1 heterocycles. The van der Waals surface area contributed by atoms with E-state index in [2.05, 4.69) is 41.2 Å². The Balaban J connectivity index is 2.29. The second-order valence-electron chi connectivity index (χ2n) is 4.98. The van der Waals surface area contributed by atoms with Gasteiger partial charge in [0, 0.05) is 4.47 Å². The van der Waals surface area contributed by atoms with Gasteiger partial charge in [-0.1, -0.05) is 45.2 Å². The SMILES string of the molecule is CCCCC(CC)C1C(=O)Nc2c(Br)cccc21. The Morgan fingerprint density at radius 3 is 2.83 bits per heavy atom. The second kappa shape index (κ2) is 5.87. The summed E-state index contributed by atoms with van der Waals surface area (Å²) in [5, 5.41) is 3.02. The van der Waals surface area contributed by atoms with Crippen molar-refractivity contribution in [2.75, 3.05) is 5.32 Å². The first-order valence-corrected chi connectivity index (χ1v) is 7.57. The van der Waals surface area contributed by atoms with Crippen LogP contribution in [0.3, 0.4) is 0 Å². The number of para-hydroxylation sites is 1. The molecule has 1 aliphatic heterocycles. The van der Waals surface area contributed by atoms with Crippen molar-refractivity contribution in [1.82, 2.24) is 0 Å². The third kappa shape index (κ3) is 2.46. The van der Waals surface area contributed by atoms with E-state index in [4.69, 9.17) is 0 Å². The Labute approximate surface area is 117 Å². The Kier molecular flexibility index (Phi) is 4.44. The van der Waals surface area contributed by atoms with Crippen molar-refractivity contribution in [3.8, 4) is 0 Å². The van der Waals surface area contributed by atoms with Gasteiger partial charge in [-0.05, 0) is 39.9 Å². The second-order valence-corrected chi connectivity index (χ2v) is 5.84. The number of halogens is 1. The van der Waals surface area contributed by atoms with Gasteiger partial charge < -0.3 is 5.32 Å². The first-order valence-electron chi connectivity index (χ1n) is 6.78. The number of carbonyl (C=O) groups excluding carboxylic acids is 1. The monoisotopic (exact) mass is 309 g/mol. The Hall–Kier alpha value is -0.830. The van der Waals surface area contributed by atoms with Crippen molar-refractivity contribution in [3.05, 3.63) is 28.2 Å². The molecule has 18 heavy (non-hydrogen) atoms. The molecule has 2 rings (SSSR count). The van der Waals surface area contributed by atoms with Crippen LogP contribution in [-0.4, -0.2) is 5.91 Å². The molecule has 0 saturated carbocycles. The molecular formula is C15H20BrNO. The van der Waals surface area contributed by atoms with Crippen molar-refractivity contribution in [3.63, 3.8) is 0 Å². The highest BCUT2D eigenvalue weighted by Gasteiger charge is 2.36. The third-order valence-electron chi connectivity index (χ3n) is 3.84. The highest BCUT2D eigenvalue weighted by molar-refractivity contribution is 9.10. The minimum absolute atomic E-state index is 0.0362. The number of amides is 1. The number of rotatable bonds is 5. The van der Waals surface area contributed by atoms with Crippen molar-refractivity contribution >= 4 is 27.5 Å². The lowest BCUT2D eigenvalue weighted by molar-refractivity contribution is -0.118. The number of anilines is 1. The standard InChI is InChI=1S/C15H20BrNO/c1-3-5-7-10(4-2)13-11-8-6-9-12(16)14(11)17-15(13)18/h6,8-10,13H,3-5,7H2,1-2H3,(H,17,18). The molecule has 0 radical (unpaired) electrons. The van der Waals surface area contributed by atoms with E-state index >= 15 is 0 Å². The highest BCUT2D eigenvalue weighted by Crippen LogP contribution is 2.43. The van der Waals surface area contributed by atoms with Crippen molar-refractivity contribution in [2.24, 2.45) is 5.92 Å². The molecular weight excluding hydrogens is 290 g/mol. The lowest BCUT2D eigenvalue weighted by Gasteiger charge is -2.20. The van der Waals surface area contributed by atoms with E-state index in [1.54, 1.807) is 0 Å². The number of carbonyl (C=O) groups is 1. The van der Waals surface area contributed by atoms with Crippen LogP contribution in [0.4, 0.5) is 5.69 Å². The van der Waals surface area contributed by atoms with Gasteiger partial charge in [-0.15, -0.1) is 0 Å². The van der Waals surface area contributed by atoms with E-state index in [0.29, 0.717) is 5.92 Å². The summed E-state index contributed by atoms with van der Waals surface area (Å²) in [5.74, 6) is 0.661. The van der Waals surface area contributed by atoms with Gasteiger partial charge in [-0.25, -0.2) is 0 Å². The van der Waals surface area contributed by atoms with E-state index in [-0.39, 0.29) is 11.8 Å². The summed E-state index contributed by atoms with van der Waals surface area (Å²) < 4.78 is 0.987. The van der Waals surface area contributed by atoms with Crippen LogP contribution in [0.5, 0.6) is 0 Å². The molecule has 2 nitrogen and oxygen atoms in total. The van der Waals surface area contributed by atoms with E-state index in [1.165, 1.54) is 12.8 Å². The maximum Gasteiger partial charge on any atom is 0.232 e. The molecule has 98 valence electrons. The van der Waals surface area contributed by atoms with Crippen molar-refractivity contribution in [2.45, 2.75) is 45.4 Å². The summed E-state index contributed by atoms with van der Waals surface area (Å²) in [6, 6.07) is 6.08. The lowest BCUT2D eigenvalue weighted by atomic mass is 9.82. The topological polar surface area (TPSA) is 29.1 Å². The molecule has 0 aromatic heterocycles. The van der Waals surface area contributed by atoms with Gasteiger partial charge in [-0.3, -0.25) is 4.79 Å². The summed E-state index contributed by atoms with van der Waals surface area (Å²) in [6.07, 6.45) is 4.59. The fraction of sp³-hybridized carbons (Fsp3) is 0.533. The summed E-state index contributed by atoms with van der Waals surface area (Å²) in [4.78, 5) is 12.2. The summed E-state index contributed by atoms with van der Waals surface area (Å²) in [6.45, 7) is 4.38. The number of hydrogen-bond acceptors (Lipinski definition) is 1. The quantitative estimate of drug-likeness (QED) is 0.839. The van der Waals surface area contributed by atoms with Crippen LogP contribution in [0.2, 0.25) is 0 Å². The number of nitrogens with one attached hydrogen (secondary N) is 1. The summed E-state index contributed by atoms with van der Waals surface area (Å²) in [5.41, 5.74) is 2.14. The van der Waals surface area contributed by atoms with E-state index in [9.17, 15) is 4.79 Å². The maximum atomic E-state index is 12.2. The molecule has 3 heteroatoms. The average molecular weight is 310 g/mol. The van der Waals surface area contributed by atoms with Crippen molar-refractivity contribution < 1.29 is 4.79 Å². The van der Waals surface area contributed by atoms with E-state index < -0.39 is 0 Å². The summed E-state index contributed by atoms with van der Waals surface area (Å²) in [7, 11) is 0. The normalized spacial score (nSPS) is 19.5. The molecule has 2 unspecified atom stereocenters. The van der Waals surface area contributed by atoms with Crippen LogP contribution < -0.4 is 5.32 Å². The Morgan fingerprint density at radius 2 is 2.17 bits per heavy atom. The van der Waals surface area contributed by atoms with Gasteiger partial charge in [0.05, 0.1) is 11.6 Å². The van der Waals surface area contributed by atoms with E-state index in [0.717, 1.165) is 28.6 Å². The molecule has 1 aromatic carbocycles. The molecule has 1 aromatic rings. The smallest absolute Gasteiger partial charge is 0.232 e. The van der Waals surface area contributed by atoms with Crippen LogP contribution in [0.15, 0.2) is 22.7 Å². The zero-order chi connectivity index (χ0) is 13.1. The predicted molar refractivity (Wildman–Crippen MR) is 78.8 cm³/mol. The van der Waals surface area contributed by atoms with Gasteiger partial charge in [0.25, 0.3) is 0 Å². The van der Waals surface area contributed by atoms with Crippen LogP contribution in [0, 0.1) is 5.92 Å². The number of unbranched alkanes of at least 4 members (excludes halogenated alkanes) is 1. The van der Waals surface area contributed by atoms with Crippen LogP contribution in [0.25, 0.3) is 0 Å². The van der Waals surface area contributed by atoms with Gasteiger partial charge in [0.15, 0.2) is 0 Å². The molecule has 0 fully saturated rings. The average Bonchev–Trinajstić information content (AvgIpc) is 2.69. The number of benzene rings is 1. The fourth-order valence-electron chi connectivity index (χ4n) is 2.81. The molecule has 0 aliphatic carbocycles. The highest BCUT2D eigenvalue weighted by atomic mass is 79.9. The third-order valence-corrected chi connectivity index (χ3v) is 4.50. The molecule has 0 bridgehead atoms. The molecule has 1 N–H and O–H groups in total. The Morgan fingerprint density at radius 1 is 1.39 bits per heavy atom. The summed E-state index contributed by atoms with van der Waals surface area (Å²) >= 11 is 3.51. The first kappa shape index (κ1) is 13.6. The van der Waals surface area contributed by atoms with Crippen LogP contribution in [-0.2, 0) is 4.79 Å². The van der Waals surface area contributed by atoms with Gasteiger partial charge >= 0.3 is 0 Å². The predicted octanol–water partition coefficient (Wildman–Crippen LogP) is 4.70. The molecule has 1 aliphatic rings. The number of fused-ring (bicyclic) bond motifs is 1. The van der Waals surface area contributed by atoms with Gasteiger partial charge in [0.2, 0.25) is 5.91 Å². The first-order chi connectivity index (χ1) is 8.69. The van der Waals surface area contributed by atoms with Crippen molar-refractivity contribution in [1.29, 1.82) is 0 Å². The zero-order valence-corrected chi connectivity index (χ0v) is 12.6. The van der Waals surface area contributed by atoms with Crippen LogP contribution in [0.1, 0.15) is 51.0 Å². The largest absolute Gasteiger partial charge is 0.324 e. The number of hydrogen-bond donors (Lipinski definition) is 1. The molecule has 0 spiro atoms.